The zero-order valence-corrected chi connectivity index (χ0v) is 8.90. The van der Waals surface area contributed by atoms with Crippen molar-refractivity contribution in [3.8, 4) is 0 Å². The molecular formula is C10H18N4. The van der Waals surface area contributed by atoms with Gasteiger partial charge >= 0.3 is 0 Å². The van der Waals surface area contributed by atoms with Crippen LogP contribution in [-0.2, 0) is 6.54 Å². The van der Waals surface area contributed by atoms with Crippen molar-refractivity contribution in [2.45, 2.75) is 51.6 Å². The van der Waals surface area contributed by atoms with Gasteiger partial charge < -0.3 is 10.3 Å². The second kappa shape index (κ2) is 3.69. The molecule has 14 heavy (non-hydrogen) atoms. The van der Waals surface area contributed by atoms with Gasteiger partial charge in [-0.3, -0.25) is 0 Å². The summed E-state index contributed by atoms with van der Waals surface area (Å²) in [4.78, 5) is 0. The highest BCUT2D eigenvalue weighted by molar-refractivity contribution is 5.04. The van der Waals surface area contributed by atoms with Crippen LogP contribution in [-0.4, -0.2) is 20.8 Å². The highest BCUT2D eigenvalue weighted by Gasteiger charge is 2.27. The molecular weight excluding hydrogens is 176 g/mol. The van der Waals surface area contributed by atoms with Crippen LogP contribution < -0.4 is 5.73 Å². The molecule has 0 saturated heterocycles. The second-order valence-corrected chi connectivity index (χ2v) is 4.12. The number of aromatic nitrogens is 3. The van der Waals surface area contributed by atoms with Gasteiger partial charge in [-0.2, -0.15) is 0 Å². The van der Waals surface area contributed by atoms with Crippen LogP contribution in [0, 0.1) is 6.92 Å². The summed E-state index contributed by atoms with van der Waals surface area (Å²) in [5, 5.41) is 8.39. The first kappa shape index (κ1) is 9.65. The number of rotatable bonds is 2. The Hall–Kier alpha value is -0.900. The smallest absolute Gasteiger partial charge is 0.136 e. The third kappa shape index (κ3) is 1.54. The van der Waals surface area contributed by atoms with Crippen LogP contribution in [0.4, 0.5) is 0 Å². The van der Waals surface area contributed by atoms with Gasteiger partial charge in [0, 0.05) is 18.5 Å². The third-order valence-corrected chi connectivity index (χ3v) is 3.12. The van der Waals surface area contributed by atoms with Gasteiger partial charge in [0.15, 0.2) is 0 Å². The summed E-state index contributed by atoms with van der Waals surface area (Å²) in [6.45, 7) is 5.10. The molecule has 0 bridgehead atoms. The summed E-state index contributed by atoms with van der Waals surface area (Å²) in [5.41, 5.74) is 5.90. The lowest BCUT2D eigenvalue weighted by molar-refractivity contribution is 0.583. The molecule has 0 amide bonds. The molecule has 0 radical (unpaired) electrons. The minimum absolute atomic E-state index is 0.363. The molecule has 0 spiro atoms. The van der Waals surface area contributed by atoms with Gasteiger partial charge in [0.05, 0.1) is 0 Å². The predicted molar refractivity (Wildman–Crippen MR) is 55.0 cm³/mol. The molecule has 2 atom stereocenters. The first-order valence-electron chi connectivity index (χ1n) is 5.37. The van der Waals surface area contributed by atoms with Crippen molar-refractivity contribution in [3.05, 3.63) is 11.6 Å². The fourth-order valence-electron chi connectivity index (χ4n) is 2.34. The van der Waals surface area contributed by atoms with E-state index in [1.54, 1.807) is 0 Å². The average molecular weight is 194 g/mol. The third-order valence-electron chi connectivity index (χ3n) is 3.12. The Kier molecular flexibility index (Phi) is 2.54. The van der Waals surface area contributed by atoms with Crippen molar-refractivity contribution >= 4 is 0 Å². The van der Waals surface area contributed by atoms with E-state index in [1.807, 2.05) is 6.92 Å². The second-order valence-electron chi connectivity index (χ2n) is 4.12. The highest BCUT2D eigenvalue weighted by atomic mass is 15.3. The first-order chi connectivity index (χ1) is 6.72. The normalized spacial score (nSPS) is 27.1. The molecule has 4 heteroatoms. The number of nitrogens with two attached hydrogens (primary N) is 1. The summed E-state index contributed by atoms with van der Waals surface area (Å²) in [6.07, 6.45) is 3.36. The summed E-state index contributed by atoms with van der Waals surface area (Å²) < 4.78 is 2.20. The minimum atomic E-state index is 0.363. The number of aryl methyl sites for hydroxylation is 1. The number of nitrogens with zero attached hydrogens (tertiary/aromatic N) is 3. The largest absolute Gasteiger partial charge is 0.328 e. The number of hydrogen-bond acceptors (Lipinski definition) is 3. The van der Waals surface area contributed by atoms with Gasteiger partial charge in [-0.15, -0.1) is 10.2 Å². The van der Waals surface area contributed by atoms with Crippen molar-refractivity contribution in [2.75, 3.05) is 0 Å². The summed E-state index contributed by atoms with van der Waals surface area (Å²) in [5.74, 6) is 2.69. The topological polar surface area (TPSA) is 56.7 Å². The van der Waals surface area contributed by atoms with Crippen LogP contribution in [0.5, 0.6) is 0 Å². The Morgan fingerprint density at radius 1 is 1.43 bits per heavy atom. The van der Waals surface area contributed by atoms with E-state index in [4.69, 9.17) is 5.73 Å². The van der Waals surface area contributed by atoms with Crippen molar-refractivity contribution in [1.82, 2.24) is 14.8 Å². The lowest BCUT2D eigenvalue weighted by Gasteiger charge is -2.10. The van der Waals surface area contributed by atoms with Crippen LogP contribution in [0.15, 0.2) is 0 Å². The van der Waals surface area contributed by atoms with Crippen LogP contribution >= 0.6 is 0 Å². The van der Waals surface area contributed by atoms with Crippen molar-refractivity contribution in [1.29, 1.82) is 0 Å². The SMILES string of the molecule is CCn1c(C)nnc1[C@@H]1CC[C@H](N)C1. The summed E-state index contributed by atoms with van der Waals surface area (Å²) in [6, 6.07) is 0.363. The Morgan fingerprint density at radius 2 is 2.21 bits per heavy atom. The standard InChI is InChI=1S/C10H18N4/c1-3-14-7(2)12-13-10(14)8-4-5-9(11)6-8/h8-9H,3-6,11H2,1-2H3/t8-,9+/m1/s1. The molecule has 2 rings (SSSR count). The Bertz CT molecular complexity index is 318. The lowest BCUT2D eigenvalue weighted by Crippen LogP contribution is -2.15. The van der Waals surface area contributed by atoms with Gasteiger partial charge in [0.2, 0.25) is 0 Å². The van der Waals surface area contributed by atoms with Gasteiger partial charge in [0.1, 0.15) is 11.6 Å². The van der Waals surface area contributed by atoms with Crippen molar-refractivity contribution < 1.29 is 0 Å². The van der Waals surface area contributed by atoms with Crippen molar-refractivity contribution in [3.63, 3.8) is 0 Å². The van der Waals surface area contributed by atoms with E-state index >= 15 is 0 Å². The molecule has 1 heterocycles. The van der Waals surface area contributed by atoms with E-state index in [2.05, 4.69) is 21.7 Å². The maximum Gasteiger partial charge on any atom is 0.136 e. The van der Waals surface area contributed by atoms with E-state index in [-0.39, 0.29) is 0 Å². The van der Waals surface area contributed by atoms with E-state index in [9.17, 15) is 0 Å². The van der Waals surface area contributed by atoms with Crippen LogP contribution in [0.3, 0.4) is 0 Å². The lowest BCUT2D eigenvalue weighted by atomic mass is 10.1. The Balaban J connectivity index is 2.23. The van der Waals surface area contributed by atoms with E-state index < -0.39 is 0 Å². The maximum absolute atomic E-state index is 5.90. The highest BCUT2D eigenvalue weighted by Crippen LogP contribution is 2.32. The van der Waals surface area contributed by atoms with Gasteiger partial charge in [-0.1, -0.05) is 0 Å². The molecule has 2 N–H and O–H groups in total. The molecule has 1 saturated carbocycles. The Labute approximate surface area is 84.5 Å². The fraction of sp³-hybridized carbons (Fsp3) is 0.800. The van der Waals surface area contributed by atoms with Gasteiger partial charge in [-0.25, -0.2) is 0 Å². The molecule has 1 aromatic rings. The zero-order chi connectivity index (χ0) is 10.1. The van der Waals surface area contributed by atoms with E-state index in [1.165, 1.54) is 6.42 Å². The molecule has 0 unspecified atom stereocenters. The van der Waals surface area contributed by atoms with Crippen LogP contribution in [0.2, 0.25) is 0 Å². The molecule has 1 fully saturated rings. The van der Waals surface area contributed by atoms with Crippen LogP contribution in [0.1, 0.15) is 43.8 Å². The molecule has 0 aliphatic heterocycles. The van der Waals surface area contributed by atoms with E-state index in [0.717, 1.165) is 31.0 Å². The average Bonchev–Trinajstić information content (AvgIpc) is 2.71. The summed E-state index contributed by atoms with van der Waals surface area (Å²) >= 11 is 0. The summed E-state index contributed by atoms with van der Waals surface area (Å²) in [7, 11) is 0. The van der Waals surface area contributed by atoms with Gasteiger partial charge in [-0.05, 0) is 33.1 Å². The molecule has 1 aromatic heterocycles. The van der Waals surface area contributed by atoms with Crippen molar-refractivity contribution in [2.24, 2.45) is 5.73 Å². The first-order valence-corrected chi connectivity index (χ1v) is 5.37. The Morgan fingerprint density at radius 3 is 2.79 bits per heavy atom. The van der Waals surface area contributed by atoms with Gasteiger partial charge in [0.25, 0.3) is 0 Å². The molecule has 1 aliphatic carbocycles. The monoisotopic (exact) mass is 194 g/mol. The minimum Gasteiger partial charge on any atom is -0.328 e. The predicted octanol–water partition coefficient (Wildman–Crippen LogP) is 1.20. The molecule has 78 valence electrons. The number of hydrogen-bond donors (Lipinski definition) is 1. The van der Waals surface area contributed by atoms with E-state index in [0.29, 0.717) is 12.0 Å². The quantitative estimate of drug-likeness (QED) is 0.769. The van der Waals surface area contributed by atoms with Crippen LogP contribution in [0.25, 0.3) is 0 Å². The fourth-order valence-corrected chi connectivity index (χ4v) is 2.34. The zero-order valence-electron chi connectivity index (χ0n) is 8.90. The molecule has 4 nitrogen and oxygen atoms in total. The molecule has 1 aliphatic rings. The molecule has 0 aromatic carbocycles. The maximum atomic E-state index is 5.90.